The molecule has 3 aliphatic carbocycles. The summed E-state index contributed by atoms with van der Waals surface area (Å²) >= 11 is 0. The van der Waals surface area contributed by atoms with E-state index >= 15 is 0 Å². The molecule has 2 aromatic carbocycles. The molecule has 1 aliphatic heterocycles. The molecule has 0 N–H and O–H groups in total. The van der Waals surface area contributed by atoms with Crippen LogP contribution in [0, 0.1) is 11.3 Å². The van der Waals surface area contributed by atoms with E-state index in [1.807, 2.05) is 25.1 Å². The van der Waals surface area contributed by atoms with E-state index in [0.717, 1.165) is 77.6 Å². The van der Waals surface area contributed by atoms with Gasteiger partial charge in [-0.05, 0) is 78.3 Å². The van der Waals surface area contributed by atoms with Gasteiger partial charge < -0.3 is 4.90 Å². The standard InChI is InChI=1S/C31H33N3O/c1-19(2)24-16-25-26(17-28(24)34-12-10-33(11-13-34)22-6-5-7-22)31(3,4)27-15-21-14-20(18-32)8-9-23(21)29(27)30(25)35/h8-9,14,16-17,22H,1,5-7,10-13,15H2,2-4H3. The predicted molar refractivity (Wildman–Crippen MR) is 142 cm³/mol. The van der Waals surface area contributed by atoms with Crippen LogP contribution < -0.4 is 4.90 Å². The van der Waals surface area contributed by atoms with E-state index in [1.54, 1.807) is 0 Å². The highest BCUT2D eigenvalue weighted by Crippen LogP contribution is 2.51. The Kier molecular flexibility index (Phi) is 5.06. The summed E-state index contributed by atoms with van der Waals surface area (Å²) in [6.45, 7) is 15.1. The number of benzene rings is 2. The van der Waals surface area contributed by atoms with E-state index in [4.69, 9.17) is 0 Å². The third-order valence-electron chi connectivity index (χ3n) is 8.91. The molecule has 0 unspecified atom stereocenters. The normalized spacial score (nSPS) is 21.2. The van der Waals surface area contributed by atoms with Crippen LogP contribution in [0.2, 0.25) is 0 Å². The second kappa shape index (κ2) is 7.93. The second-order valence-electron chi connectivity index (χ2n) is 11.3. The number of ketones is 1. The van der Waals surface area contributed by atoms with Gasteiger partial charge in [0, 0.05) is 60.0 Å². The average Bonchev–Trinajstić information content (AvgIpc) is 3.21. The molecule has 4 nitrogen and oxygen atoms in total. The topological polar surface area (TPSA) is 47.3 Å². The Morgan fingerprint density at radius 2 is 1.83 bits per heavy atom. The van der Waals surface area contributed by atoms with E-state index < -0.39 is 0 Å². The summed E-state index contributed by atoms with van der Waals surface area (Å²) in [6, 6.07) is 13.2. The Hall–Kier alpha value is -3.16. The molecule has 1 heterocycles. The lowest BCUT2D eigenvalue weighted by Crippen LogP contribution is -2.52. The van der Waals surface area contributed by atoms with Crippen LogP contribution >= 0.6 is 0 Å². The highest BCUT2D eigenvalue weighted by atomic mass is 16.1. The lowest BCUT2D eigenvalue weighted by Gasteiger charge is -2.44. The molecule has 2 fully saturated rings. The first-order valence-corrected chi connectivity index (χ1v) is 12.9. The molecule has 4 aliphatic rings. The number of Topliss-reactive ketones (excluding diaryl/α,β-unsaturated/α-hetero) is 1. The third kappa shape index (κ3) is 3.32. The van der Waals surface area contributed by atoms with Crippen LogP contribution in [-0.4, -0.2) is 42.9 Å². The summed E-state index contributed by atoms with van der Waals surface area (Å²) in [5, 5.41) is 9.38. The SMILES string of the molecule is C=C(C)c1cc2c(cc1N1CCN(C3CCC3)CC1)C(C)(C)C1=C(C2=O)c2ccc(C#N)cc2C1. The summed E-state index contributed by atoms with van der Waals surface area (Å²) in [5.74, 6) is 0.113. The van der Waals surface area contributed by atoms with E-state index in [0.29, 0.717) is 5.56 Å². The predicted octanol–water partition coefficient (Wildman–Crippen LogP) is 5.75. The molecule has 0 bridgehead atoms. The van der Waals surface area contributed by atoms with Crippen molar-refractivity contribution in [1.82, 2.24) is 4.90 Å². The monoisotopic (exact) mass is 463 g/mol. The number of fused-ring (bicyclic) bond motifs is 3. The van der Waals surface area contributed by atoms with Gasteiger partial charge in [0.15, 0.2) is 5.78 Å². The first-order valence-electron chi connectivity index (χ1n) is 12.9. The van der Waals surface area contributed by atoms with Crippen molar-refractivity contribution < 1.29 is 4.79 Å². The Balaban J connectivity index is 1.41. The summed E-state index contributed by atoms with van der Waals surface area (Å²) in [5.41, 5.74) is 9.74. The Labute approximate surface area is 208 Å². The molecule has 1 saturated carbocycles. The quantitative estimate of drug-likeness (QED) is 0.582. The lowest BCUT2D eigenvalue weighted by atomic mass is 9.67. The Bertz CT molecular complexity index is 1340. The zero-order chi connectivity index (χ0) is 24.5. The molecule has 0 aromatic heterocycles. The van der Waals surface area contributed by atoms with Crippen molar-refractivity contribution in [3.63, 3.8) is 0 Å². The maximum atomic E-state index is 14.0. The van der Waals surface area contributed by atoms with Crippen LogP contribution in [0.4, 0.5) is 5.69 Å². The smallest absolute Gasteiger partial charge is 0.193 e. The van der Waals surface area contributed by atoms with Gasteiger partial charge in [0.05, 0.1) is 11.6 Å². The van der Waals surface area contributed by atoms with E-state index in [2.05, 4.69) is 48.4 Å². The minimum atomic E-state index is -0.263. The second-order valence-corrected chi connectivity index (χ2v) is 11.3. The van der Waals surface area contributed by atoms with Crippen molar-refractivity contribution in [3.05, 3.63) is 75.9 Å². The molecule has 0 amide bonds. The highest BCUT2D eigenvalue weighted by molar-refractivity contribution is 6.33. The summed E-state index contributed by atoms with van der Waals surface area (Å²) in [4.78, 5) is 19.1. The molecule has 35 heavy (non-hydrogen) atoms. The Morgan fingerprint density at radius 3 is 2.46 bits per heavy atom. The fraction of sp³-hybridized carbons (Fsp3) is 0.419. The minimum Gasteiger partial charge on any atom is -0.368 e. The van der Waals surface area contributed by atoms with Crippen molar-refractivity contribution in [1.29, 1.82) is 5.26 Å². The fourth-order valence-electron chi connectivity index (χ4n) is 6.56. The molecule has 1 saturated heterocycles. The van der Waals surface area contributed by atoms with Crippen molar-refractivity contribution in [2.24, 2.45) is 0 Å². The number of piperazine rings is 1. The van der Waals surface area contributed by atoms with Gasteiger partial charge in [-0.1, -0.05) is 32.9 Å². The fourth-order valence-corrected chi connectivity index (χ4v) is 6.56. The van der Waals surface area contributed by atoms with Gasteiger partial charge in [-0.3, -0.25) is 9.69 Å². The zero-order valence-electron chi connectivity index (χ0n) is 21.1. The maximum absolute atomic E-state index is 14.0. The first-order chi connectivity index (χ1) is 16.8. The van der Waals surface area contributed by atoms with Crippen molar-refractivity contribution in [2.45, 2.75) is 57.9 Å². The minimum absolute atomic E-state index is 0.113. The molecule has 0 spiro atoms. The molecular weight excluding hydrogens is 430 g/mol. The van der Waals surface area contributed by atoms with Crippen LogP contribution in [0.3, 0.4) is 0 Å². The van der Waals surface area contributed by atoms with Crippen LogP contribution in [0.5, 0.6) is 0 Å². The van der Waals surface area contributed by atoms with Crippen molar-refractivity contribution >= 4 is 22.6 Å². The molecule has 2 aromatic rings. The van der Waals surface area contributed by atoms with Crippen LogP contribution in [0.15, 0.2) is 42.5 Å². The van der Waals surface area contributed by atoms with Crippen LogP contribution in [0.25, 0.3) is 11.1 Å². The molecule has 0 atom stereocenters. The maximum Gasteiger partial charge on any atom is 0.193 e. The van der Waals surface area contributed by atoms with Crippen molar-refractivity contribution in [3.8, 4) is 6.07 Å². The lowest BCUT2D eigenvalue weighted by molar-refractivity contribution is 0.105. The first kappa shape index (κ1) is 22.3. The van der Waals surface area contributed by atoms with Gasteiger partial charge in [-0.25, -0.2) is 0 Å². The van der Waals surface area contributed by atoms with Gasteiger partial charge in [-0.15, -0.1) is 0 Å². The zero-order valence-corrected chi connectivity index (χ0v) is 21.1. The number of hydrogen-bond donors (Lipinski definition) is 0. The average molecular weight is 464 g/mol. The largest absolute Gasteiger partial charge is 0.368 e. The van der Waals surface area contributed by atoms with Gasteiger partial charge in [-0.2, -0.15) is 5.26 Å². The highest BCUT2D eigenvalue weighted by Gasteiger charge is 2.43. The Morgan fingerprint density at radius 1 is 1.09 bits per heavy atom. The summed E-state index contributed by atoms with van der Waals surface area (Å²) in [6.07, 6.45) is 4.80. The molecular formula is C31H33N3O. The number of hydrogen-bond acceptors (Lipinski definition) is 4. The van der Waals surface area contributed by atoms with E-state index in [-0.39, 0.29) is 11.2 Å². The molecule has 4 heteroatoms. The van der Waals surface area contributed by atoms with Gasteiger partial charge in [0.1, 0.15) is 0 Å². The summed E-state index contributed by atoms with van der Waals surface area (Å²) in [7, 11) is 0. The number of carbonyl (C=O) groups excluding carboxylic acids is 1. The van der Waals surface area contributed by atoms with Gasteiger partial charge in [0.2, 0.25) is 0 Å². The number of rotatable bonds is 3. The number of nitriles is 1. The number of allylic oxidation sites excluding steroid dienone is 3. The molecule has 0 radical (unpaired) electrons. The third-order valence-corrected chi connectivity index (χ3v) is 8.91. The van der Waals surface area contributed by atoms with E-state index in [1.165, 1.54) is 30.5 Å². The van der Waals surface area contributed by atoms with Crippen molar-refractivity contribution in [2.75, 3.05) is 31.1 Å². The van der Waals surface area contributed by atoms with Crippen LogP contribution in [-0.2, 0) is 11.8 Å². The number of anilines is 1. The van der Waals surface area contributed by atoms with Crippen LogP contribution in [0.1, 0.15) is 78.2 Å². The van der Waals surface area contributed by atoms with Gasteiger partial charge >= 0.3 is 0 Å². The van der Waals surface area contributed by atoms with E-state index in [9.17, 15) is 10.1 Å². The molecule has 178 valence electrons. The molecule has 6 rings (SSSR count). The van der Waals surface area contributed by atoms with Gasteiger partial charge in [0.25, 0.3) is 0 Å². The summed E-state index contributed by atoms with van der Waals surface area (Å²) < 4.78 is 0. The number of nitrogens with zero attached hydrogens (tertiary/aromatic N) is 3. The number of carbonyl (C=O) groups is 1.